The monoisotopic (exact) mass is 436 g/mol. The summed E-state index contributed by atoms with van der Waals surface area (Å²) < 4.78 is 35.0. The van der Waals surface area contributed by atoms with Crippen LogP contribution in [0.3, 0.4) is 0 Å². The van der Waals surface area contributed by atoms with E-state index in [0.717, 1.165) is 12.6 Å². The van der Waals surface area contributed by atoms with Crippen molar-refractivity contribution in [3.05, 3.63) is 101 Å². The maximum Gasteiger partial charge on any atom is 0.276 e. The van der Waals surface area contributed by atoms with E-state index in [1.54, 1.807) is 29.2 Å². The van der Waals surface area contributed by atoms with E-state index in [9.17, 15) is 18.4 Å². The summed E-state index contributed by atoms with van der Waals surface area (Å²) in [7, 11) is 3.34. The normalized spacial score (nSPS) is 19.8. The van der Waals surface area contributed by atoms with Gasteiger partial charge in [0.2, 0.25) is 5.43 Å². The van der Waals surface area contributed by atoms with Gasteiger partial charge in [0, 0.05) is 12.5 Å². The lowest BCUT2D eigenvalue weighted by Crippen LogP contribution is -2.51. The minimum Gasteiger partial charge on any atom is -0.484 e. The van der Waals surface area contributed by atoms with Crippen LogP contribution in [0.15, 0.2) is 59.5 Å². The summed E-state index contributed by atoms with van der Waals surface area (Å²) >= 11 is 0. The smallest absolute Gasteiger partial charge is 0.276 e. The fourth-order valence-corrected chi connectivity index (χ4v) is 5.06. The SMILES string of the molecule is [CH2]Oc1c2n(ncc1=O)[C@@H](C(c1cccc(F)c1)c1cccc(F)c1)[C@H]1CCCN1C2=O. The van der Waals surface area contributed by atoms with E-state index in [-0.39, 0.29) is 23.4 Å². The quantitative estimate of drug-likeness (QED) is 0.626. The molecule has 8 heteroatoms. The van der Waals surface area contributed by atoms with Crippen molar-refractivity contribution >= 4 is 5.91 Å². The number of halogens is 2. The summed E-state index contributed by atoms with van der Waals surface area (Å²) in [5.74, 6) is -1.92. The maximum absolute atomic E-state index is 14.3. The van der Waals surface area contributed by atoms with Crippen LogP contribution in [0.2, 0.25) is 0 Å². The van der Waals surface area contributed by atoms with Crippen molar-refractivity contribution in [2.24, 2.45) is 0 Å². The van der Waals surface area contributed by atoms with E-state index in [2.05, 4.69) is 12.2 Å². The van der Waals surface area contributed by atoms with Crippen LogP contribution >= 0.6 is 0 Å². The van der Waals surface area contributed by atoms with Crippen LogP contribution in [0.5, 0.6) is 5.75 Å². The zero-order chi connectivity index (χ0) is 22.4. The number of carbonyl (C=O) groups is 1. The largest absolute Gasteiger partial charge is 0.484 e. The molecular weight excluding hydrogens is 416 g/mol. The molecule has 2 aliphatic heterocycles. The van der Waals surface area contributed by atoms with E-state index >= 15 is 0 Å². The molecule has 2 aromatic carbocycles. The van der Waals surface area contributed by atoms with Gasteiger partial charge >= 0.3 is 0 Å². The molecule has 0 aliphatic carbocycles. The molecule has 1 amide bonds. The van der Waals surface area contributed by atoms with Gasteiger partial charge in [-0.05, 0) is 48.2 Å². The van der Waals surface area contributed by atoms with Gasteiger partial charge in [0.1, 0.15) is 18.7 Å². The molecule has 2 atom stereocenters. The predicted octanol–water partition coefficient (Wildman–Crippen LogP) is 3.68. The van der Waals surface area contributed by atoms with Gasteiger partial charge in [0.15, 0.2) is 11.4 Å². The molecule has 1 aromatic heterocycles. The molecule has 0 bridgehead atoms. The van der Waals surface area contributed by atoms with E-state index < -0.39 is 29.0 Å². The van der Waals surface area contributed by atoms with Crippen LogP contribution in [0.4, 0.5) is 8.78 Å². The van der Waals surface area contributed by atoms with Crippen LogP contribution in [0, 0.1) is 18.7 Å². The second-order valence-electron chi connectivity index (χ2n) is 8.06. The fraction of sp³-hybridized carbons (Fsp3) is 0.250. The highest BCUT2D eigenvalue weighted by atomic mass is 19.1. The first kappa shape index (κ1) is 20.4. The highest BCUT2D eigenvalue weighted by Gasteiger charge is 2.48. The van der Waals surface area contributed by atoms with Crippen LogP contribution in [-0.2, 0) is 0 Å². The van der Waals surface area contributed by atoms with Crippen molar-refractivity contribution in [1.82, 2.24) is 14.7 Å². The number of fused-ring (bicyclic) bond motifs is 2. The zero-order valence-electron chi connectivity index (χ0n) is 17.1. The molecule has 32 heavy (non-hydrogen) atoms. The number of aromatic nitrogens is 2. The maximum atomic E-state index is 14.3. The van der Waals surface area contributed by atoms with E-state index in [1.165, 1.54) is 28.9 Å². The Hall–Kier alpha value is -3.55. The Morgan fingerprint density at radius 1 is 1.06 bits per heavy atom. The molecule has 1 saturated heterocycles. The molecule has 3 aromatic rings. The van der Waals surface area contributed by atoms with Crippen molar-refractivity contribution in [2.45, 2.75) is 30.8 Å². The Balaban J connectivity index is 1.80. The topological polar surface area (TPSA) is 64.4 Å². The molecule has 0 saturated carbocycles. The van der Waals surface area contributed by atoms with Gasteiger partial charge in [-0.1, -0.05) is 24.3 Å². The molecule has 1 fully saturated rings. The number of amides is 1. The summed E-state index contributed by atoms with van der Waals surface area (Å²) in [6.07, 6.45) is 2.56. The molecule has 1 radical (unpaired) electrons. The summed E-state index contributed by atoms with van der Waals surface area (Å²) in [4.78, 5) is 27.3. The Bertz CT molecular complexity index is 1210. The number of ether oxygens (including phenoxy) is 1. The second-order valence-corrected chi connectivity index (χ2v) is 8.06. The first-order chi connectivity index (χ1) is 15.5. The first-order valence-electron chi connectivity index (χ1n) is 10.4. The Kier molecular flexibility index (Phi) is 5.00. The van der Waals surface area contributed by atoms with E-state index in [4.69, 9.17) is 4.74 Å². The lowest BCUT2D eigenvalue weighted by molar-refractivity contribution is 0.0565. The Morgan fingerprint density at radius 2 is 1.72 bits per heavy atom. The minimum absolute atomic E-state index is 0.00783. The van der Waals surface area contributed by atoms with Crippen LogP contribution in [-0.4, -0.2) is 33.2 Å². The van der Waals surface area contributed by atoms with E-state index in [1.807, 2.05) is 0 Å². The summed E-state index contributed by atoms with van der Waals surface area (Å²) in [6.45, 7) is 0.513. The Morgan fingerprint density at radius 3 is 2.31 bits per heavy atom. The van der Waals surface area contributed by atoms with Gasteiger partial charge in [0.25, 0.3) is 5.91 Å². The van der Waals surface area contributed by atoms with Crippen LogP contribution < -0.4 is 10.2 Å². The molecule has 0 spiro atoms. The van der Waals surface area contributed by atoms with Gasteiger partial charge < -0.3 is 9.64 Å². The van der Waals surface area contributed by atoms with Gasteiger partial charge in [-0.25, -0.2) is 8.78 Å². The number of hydrogen-bond donors (Lipinski definition) is 0. The third-order valence-corrected chi connectivity index (χ3v) is 6.31. The highest BCUT2D eigenvalue weighted by molar-refractivity contribution is 5.96. The molecule has 0 N–H and O–H groups in total. The number of carbonyl (C=O) groups excluding carboxylic acids is 1. The molecule has 5 rings (SSSR count). The molecule has 3 heterocycles. The van der Waals surface area contributed by atoms with Crippen molar-refractivity contribution in [3.63, 3.8) is 0 Å². The highest BCUT2D eigenvalue weighted by Crippen LogP contribution is 2.45. The number of rotatable bonds is 4. The standard InChI is InChI=1S/C24H20F2N3O3/c1-32-23-19(30)13-27-29-21(18-9-4-10-28(18)24(31)22(23)29)20(14-5-2-7-16(25)11-14)15-6-3-8-17(26)12-15/h2-3,5-8,11-13,18,20-21H,1,4,9-10H2/t18-,21-/m1/s1. The minimum atomic E-state index is -0.552. The molecule has 2 aliphatic rings. The molecular formula is C24H20F2N3O3. The van der Waals surface area contributed by atoms with Crippen molar-refractivity contribution < 1.29 is 18.3 Å². The van der Waals surface area contributed by atoms with Crippen LogP contribution in [0.1, 0.15) is 46.4 Å². The lowest BCUT2D eigenvalue weighted by Gasteiger charge is -2.42. The molecule has 0 unspecified atom stereocenters. The number of nitrogens with zero attached hydrogens (tertiary/aromatic N) is 3. The third kappa shape index (κ3) is 3.18. The van der Waals surface area contributed by atoms with Crippen molar-refractivity contribution in [3.8, 4) is 5.75 Å². The van der Waals surface area contributed by atoms with Gasteiger partial charge in [-0.2, -0.15) is 5.10 Å². The van der Waals surface area contributed by atoms with E-state index in [0.29, 0.717) is 24.1 Å². The van der Waals surface area contributed by atoms with Crippen LogP contribution in [0.25, 0.3) is 0 Å². The number of hydrogen-bond acceptors (Lipinski definition) is 4. The first-order valence-corrected chi connectivity index (χ1v) is 10.4. The van der Waals surface area contributed by atoms with Gasteiger partial charge in [-0.15, -0.1) is 0 Å². The summed E-state index contributed by atoms with van der Waals surface area (Å²) in [5, 5.41) is 4.30. The fourth-order valence-electron chi connectivity index (χ4n) is 5.06. The number of benzene rings is 2. The van der Waals surface area contributed by atoms with Gasteiger partial charge in [-0.3, -0.25) is 14.3 Å². The average molecular weight is 436 g/mol. The summed E-state index contributed by atoms with van der Waals surface area (Å²) in [5.41, 5.74) is 0.688. The molecule has 6 nitrogen and oxygen atoms in total. The Labute approximate surface area is 183 Å². The van der Waals surface area contributed by atoms with Gasteiger partial charge in [0.05, 0.1) is 18.3 Å². The zero-order valence-corrected chi connectivity index (χ0v) is 17.1. The average Bonchev–Trinajstić information content (AvgIpc) is 3.26. The van der Waals surface area contributed by atoms with Crippen molar-refractivity contribution in [2.75, 3.05) is 6.54 Å². The van der Waals surface area contributed by atoms with Crippen molar-refractivity contribution in [1.29, 1.82) is 0 Å². The molecule has 163 valence electrons. The lowest BCUT2D eigenvalue weighted by atomic mass is 9.80. The third-order valence-electron chi connectivity index (χ3n) is 6.31. The predicted molar refractivity (Wildman–Crippen MR) is 112 cm³/mol. The second kappa shape index (κ2) is 7.85. The summed E-state index contributed by atoms with van der Waals surface area (Å²) in [6, 6.07) is 11.5.